The number of aryl methyl sites for hydroxylation is 1. The maximum Gasteiger partial charge on any atom is 0.333 e. The Labute approximate surface area is 172 Å². The van der Waals surface area contributed by atoms with E-state index in [9.17, 15) is 9.59 Å². The van der Waals surface area contributed by atoms with Crippen LogP contribution in [-0.2, 0) is 13.1 Å². The molecule has 2 aromatic heterocycles. The summed E-state index contributed by atoms with van der Waals surface area (Å²) in [5.41, 5.74) is 3.52. The molecule has 0 bridgehead atoms. The van der Waals surface area contributed by atoms with Crippen LogP contribution < -0.4 is 11.1 Å². The molecule has 0 aliphatic carbocycles. The van der Waals surface area contributed by atoms with Crippen LogP contribution in [0.2, 0.25) is 0 Å². The smallest absolute Gasteiger partial charge is 0.304 e. The first kappa shape index (κ1) is 18.1. The Morgan fingerprint density at radius 1 is 0.700 bits per heavy atom. The third kappa shape index (κ3) is 3.03. The Kier molecular flexibility index (Phi) is 4.32. The third-order valence-electron chi connectivity index (χ3n) is 5.32. The number of benzene rings is 3. The third-order valence-corrected chi connectivity index (χ3v) is 5.32. The molecule has 3 aromatic carbocycles. The lowest BCUT2D eigenvalue weighted by molar-refractivity contribution is 0.614. The number of hydrogen-bond donors (Lipinski definition) is 0. The van der Waals surface area contributed by atoms with Gasteiger partial charge in [-0.05, 0) is 30.2 Å². The lowest BCUT2D eigenvalue weighted by Crippen LogP contribution is -2.40. The number of imidazole rings is 1. The highest BCUT2D eigenvalue weighted by Gasteiger charge is 2.17. The molecular formula is C24H20N4O2. The summed E-state index contributed by atoms with van der Waals surface area (Å²) in [4.78, 5) is 25.8. The molecule has 0 atom stereocenters. The van der Waals surface area contributed by atoms with Gasteiger partial charge in [0.25, 0.3) is 0 Å². The number of hydrogen-bond acceptors (Lipinski definition) is 3. The lowest BCUT2D eigenvalue weighted by atomic mass is 10.1. The number of fused-ring (bicyclic) bond motifs is 3. The predicted octanol–water partition coefficient (Wildman–Crippen LogP) is 3.22. The van der Waals surface area contributed by atoms with Crippen molar-refractivity contribution in [2.45, 2.75) is 20.0 Å². The van der Waals surface area contributed by atoms with Crippen molar-refractivity contribution in [1.29, 1.82) is 0 Å². The van der Waals surface area contributed by atoms with E-state index in [0.717, 1.165) is 16.6 Å². The van der Waals surface area contributed by atoms with Crippen LogP contribution in [0.25, 0.3) is 16.8 Å². The van der Waals surface area contributed by atoms with E-state index < -0.39 is 11.1 Å². The molecule has 2 heterocycles. The molecule has 0 aliphatic rings. The molecule has 0 aliphatic heterocycles. The molecule has 0 unspecified atom stereocenters. The molecule has 5 aromatic rings. The molecule has 148 valence electrons. The minimum absolute atomic E-state index is 0.247. The Morgan fingerprint density at radius 2 is 1.33 bits per heavy atom. The molecule has 30 heavy (non-hydrogen) atoms. The van der Waals surface area contributed by atoms with Gasteiger partial charge in [-0.2, -0.15) is 0 Å². The molecule has 0 amide bonds. The Morgan fingerprint density at radius 3 is 2.07 bits per heavy atom. The van der Waals surface area contributed by atoms with Gasteiger partial charge in [0.05, 0.1) is 24.1 Å². The fourth-order valence-corrected chi connectivity index (χ4v) is 3.77. The topological polar surface area (TPSA) is 61.3 Å². The van der Waals surface area contributed by atoms with Crippen molar-refractivity contribution in [2.75, 3.05) is 0 Å². The van der Waals surface area contributed by atoms with E-state index in [4.69, 9.17) is 0 Å². The van der Waals surface area contributed by atoms with Gasteiger partial charge >= 0.3 is 11.1 Å². The van der Waals surface area contributed by atoms with Crippen molar-refractivity contribution >= 4 is 16.8 Å². The molecular weight excluding hydrogens is 376 g/mol. The van der Waals surface area contributed by atoms with E-state index in [1.54, 1.807) is 0 Å². The summed E-state index contributed by atoms with van der Waals surface area (Å²) in [7, 11) is 0. The van der Waals surface area contributed by atoms with Crippen LogP contribution in [-0.4, -0.2) is 18.7 Å². The zero-order valence-corrected chi connectivity index (χ0v) is 16.5. The minimum Gasteiger partial charge on any atom is -0.304 e. The van der Waals surface area contributed by atoms with Crippen molar-refractivity contribution < 1.29 is 0 Å². The first-order valence-electron chi connectivity index (χ1n) is 9.82. The maximum atomic E-state index is 13.0. The van der Waals surface area contributed by atoms with E-state index >= 15 is 0 Å². The first-order chi connectivity index (χ1) is 14.6. The average Bonchev–Trinajstić information content (AvgIpc) is 3.07. The molecule has 0 saturated carbocycles. The normalized spacial score (nSPS) is 11.4. The van der Waals surface area contributed by atoms with Crippen LogP contribution in [0.5, 0.6) is 0 Å². The molecule has 0 N–H and O–H groups in total. The number of para-hydroxylation sites is 2. The zero-order chi connectivity index (χ0) is 20.7. The van der Waals surface area contributed by atoms with Crippen LogP contribution in [0.4, 0.5) is 0 Å². The summed E-state index contributed by atoms with van der Waals surface area (Å²) in [5, 5.41) is 4.61. The van der Waals surface area contributed by atoms with E-state index in [1.807, 2.05) is 66.1 Å². The minimum atomic E-state index is -0.630. The van der Waals surface area contributed by atoms with E-state index in [0.29, 0.717) is 17.8 Å². The average molecular weight is 396 g/mol. The van der Waals surface area contributed by atoms with Gasteiger partial charge in [0, 0.05) is 0 Å². The summed E-state index contributed by atoms with van der Waals surface area (Å²) >= 11 is 0. The monoisotopic (exact) mass is 396 g/mol. The summed E-state index contributed by atoms with van der Waals surface area (Å²) in [6.07, 6.45) is 0. The molecule has 6 heteroatoms. The van der Waals surface area contributed by atoms with Gasteiger partial charge in [-0.15, -0.1) is 5.10 Å². The molecule has 0 fully saturated rings. The molecule has 5 rings (SSSR count). The lowest BCUT2D eigenvalue weighted by Gasteiger charge is -2.09. The SMILES string of the molecule is Cc1ccc(Cn2c3ccccc3n3c(=O)c(=O)n(Cc4ccccc4)nc23)cc1. The quantitative estimate of drug-likeness (QED) is 0.438. The van der Waals surface area contributed by atoms with Gasteiger partial charge in [-0.1, -0.05) is 72.3 Å². The number of aromatic nitrogens is 4. The van der Waals surface area contributed by atoms with E-state index in [1.165, 1.54) is 14.6 Å². The van der Waals surface area contributed by atoms with Gasteiger partial charge in [0.15, 0.2) is 0 Å². The predicted molar refractivity (Wildman–Crippen MR) is 117 cm³/mol. The van der Waals surface area contributed by atoms with Gasteiger partial charge in [0.2, 0.25) is 5.78 Å². The van der Waals surface area contributed by atoms with Gasteiger partial charge < -0.3 is 4.57 Å². The fraction of sp³-hybridized carbons (Fsp3) is 0.125. The van der Waals surface area contributed by atoms with Crippen LogP contribution in [0.3, 0.4) is 0 Å². The summed E-state index contributed by atoms with van der Waals surface area (Å²) < 4.78 is 4.67. The fourth-order valence-electron chi connectivity index (χ4n) is 3.77. The molecule has 6 nitrogen and oxygen atoms in total. The van der Waals surface area contributed by atoms with Crippen molar-refractivity contribution in [1.82, 2.24) is 18.7 Å². The van der Waals surface area contributed by atoms with Crippen LogP contribution >= 0.6 is 0 Å². The van der Waals surface area contributed by atoms with E-state index in [-0.39, 0.29) is 6.54 Å². The first-order valence-corrected chi connectivity index (χ1v) is 9.82. The van der Waals surface area contributed by atoms with Crippen LogP contribution in [0.1, 0.15) is 16.7 Å². The van der Waals surface area contributed by atoms with Crippen molar-refractivity contribution in [2.24, 2.45) is 0 Å². The number of nitrogens with zero attached hydrogens (tertiary/aromatic N) is 4. The second-order valence-electron chi connectivity index (χ2n) is 7.45. The van der Waals surface area contributed by atoms with E-state index in [2.05, 4.69) is 29.4 Å². The van der Waals surface area contributed by atoms with Crippen LogP contribution in [0.15, 0.2) is 88.5 Å². The second kappa shape index (κ2) is 7.15. The molecule has 0 radical (unpaired) electrons. The van der Waals surface area contributed by atoms with Crippen LogP contribution in [0, 0.1) is 6.92 Å². The highest BCUT2D eigenvalue weighted by atomic mass is 16.2. The summed E-state index contributed by atoms with van der Waals surface area (Å²) in [6, 6.07) is 25.4. The van der Waals surface area contributed by atoms with Gasteiger partial charge in [-0.3, -0.25) is 9.59 Å². The largest absolute Gasteiger partial charge is 0.333 e. The Balaban J connectivity index is 1.75. The Hall–Kier alpha value is -3.93. The van der Waals surface area contributed by atoms with Crippen molar-refractivity contribution in [3.05, 3.63) is 116 Å². The van der Waals surface area contributed by atoms with Gasteiger partial charge in [-0.25, -0.2) is 9.08 Å². The maximum absolute atomic E-state index is 13.0. The zero-order valence-electron chi connectivity index (χ0n) is 16.5. The Bertz CT molecular complexity index is 1480. The summed E-state index contributed by atoms with van der Waals surface area (Å²) in [5.74, 6) is 0.456. The summed E-state index contributed by atoms with van der Waals surface area (Å²) in [6.45, 7) is 2.85. The number of rotatable bonds is 4. The standard InChI is InChI=1S/C24H20N4O2/c1-17-11-13-19(14-12-17)15-26-20-9-5-6-10-21(20)28-23(30)22(29)27(25-24(26)28)16-18-7-3-2-4-8-18/h2-14H,15-16H2,1H3. The second-order valence-corrected chi connectivity index (χ2v) is 7.45. The highest BCUT2D eigenvalue weighted by molar-refractivity contribution is 5.80. The highest BCUT2D eigenvalue weighted by Crippen LogP contribution is 2.19. The molecule has 0 saturated heterocycles. The van der Waals surface area contributed by atoms with Crippen molar-refractivity contribution in [3.8, 4) is 0 Å². The molecule has 0 spiro atoms. The van der Waals surface area contributed by atoms with Crippen molar-refractivity contribution in [3.63, 3.8) is 0 Å². The van der Waals surface area contributed by atoms with Gasteiger partial charge in [0.1, 0.15) is 0 Å².